The molecule has 0 heteroatoms. The van der Waals surface area contributed by atoms with Crippen molar-refractivity contribution in [3.8, 4) is 0 Å². The minimum atomic E-state index is 1.08. The molecule has 0 aliphatic heterocycles. The fourth-order valence-electron chi connectivity index (χ4n) is 1.40. The van der Waals surface area contributed by atoms with Gasteiger partial charge in [-0.3, -0.25) is 0 Å². The van der Waals surface area contributed by atoms with E-state index in [4.69, 9.17) is 0 Å². The fraction of sp³-hybridized carbons (Fsp3) is 0.429. The topological polar surface area (TPSA) is 0 Å². The van der Waals surface area contributed by atoms with E-state index in [0.717, 1.165) is 12.8 Å². The van der Waals surface area contributed by atoms with E-state index in [1.165, 1.54) is 25.7 Å². The minimum Gasteiger partial charge on any atom is -0.0882 e. The van der Waals surface area contributed by atoms with E-state index >= 15 is 0 Å². The van der Waals surface area contributed by atoms with Crippen LogP contribution in [-0.4, -0.2) is 0 Å². The molecule has 0 heterocycles. The first-order valence-electron chi connectivity index (χ1n) is 5.60. The average molecular weight is 188 g/mol. The Hall–Kier alpha value is -1.04. The van der Waals surface area contributed by atoms with Gasteiger partial charge < -0.3 is 0 Å². The van der Waals surface area contributed by atoms with E-state index in [9.17, 15) is 0 Å². The quantitative estimate of drug-likeness (QED) is 0.489. The van der Waals surface area contributed by atoms with Crippen LogP contribution in [0.3, 0.4) is 0 Å². The molecule has 0 saturated heterocycles. The Morgan fingerprint density at radius 3 is 1.07 bits per heavy atom. The largest absolute Gasteiger partial charge is 0.0882 e. The van der Waals surface area contributed by atoms with Gasteiger partial charge in [0.2, 0.25) is 0 Å². The SMILES string of the molecule is C1=CC/C=C/CC/C=C\CC/C=C\C1. The predicted octanol–water partition coefficient (Wildman–Crippen LogP) is 4.57. The van der Waals surface area contributed by atoms with Crippen LogP contribution in [0.1, 0.15) is 38.5 Å². The summed E-state index contributed by atoms with van der Waals surface area (Å²) in [7, 11) is 0. The van der Waals surface area contributed by atoms with Gasteiger partial charge in [0, 0.05) is 0 Å². The standard InChI is InChI=1S/C14H20/c1-2-4-6-8-10-12-14-13-11-9-7-5-3-1/h1-2,5-8,13-14H,3-4,9-12H2/b2-1?,7-5-,8-6+,14-13-. The number of hydrogen-bond acceptors (Lipinski definition) is 0. The number of hydrogen-bond donors (Lipinski definition) is 0. The lowest BCUT2D eigenvalue weighted by atomic mass is 10.2. The molecule has 76 valence electrons. The lowest BCUT2D eigenvalue weighted by molar-refractivity contribution is 0.997. The van der Waals surface area contributed by atoms with Crippen LogP contribution in [0.25, 0.3) is 0 Å². The van der Waals surface area contributed by atoms with Crippen molar-refractivity contribution < 1.29 is 0 Å². The first kappa shape index (κ1) is 11.0. The maximum absolute atomic E-state index is 2.29. The summed E-state index contributed by atoms with van der Waals surface area (Å²) in [6, 6.07) is 0. The molecule has 1 rings (SSSR count). The van der Waals surface area contributed by atoms with Crippen LogP contribution < -0.4 is 0 Å². The summed E-state index contributed by atoms with van der Waals surface area (Å²) in [5, 5.41) is 0. The molecular formula is C14H20. The highest BCUT2D eigenvalue weighted by Crippen LogP contribution is 2.01. The number of allylic oxidation sites excluding steroid dienone is 8. The Labute approximate surface area is 87.7 Å². The van der Waals surface area contributed by atoms with Crippen molar-refractivity contribution in [3.63, 3.8) is 0 Å². The zero-order valence-electron chi connectivity index (χ0n) is 8.86. The van der Waals surface area contributed by atoms with Crippen molar-refractivity contribution in [1.29, 1.82) is 0 Å². The highest BCUT2D eigenvalue weighted by atomic mass is 13.9. The van der Waals surface area contributed by atoms with E-state index in [0.29, 0.717) is 0 Å². The van der Waals surface area contributed by atoms with Crippen LogP contribution in [0.5, 0.6) is 0 Å². The van der Waals surface area contributed by atoms with E-state index in [-0.39, 0.29) is 0 Å². The van der Waals surface area contributed by atoms with Crippen LogP contribution in [-0.2, 0) is 0 Å². The number of rotatable bonds is 0. The monoisotopic (exact) mass is 188 g/mol. The Balaban J connectivity index is 2.34. The summed E-state index contributed by atoms with van der Waals surface area (Å²) >= 11 is 0. The van der Waals surface area contributed by atoms with Crippen molar-refractivity contribution in [2.75, 3.05) is 0 Å². The molecule has 0 atom stereocenters. The molecule has 1 aliphatic carbocycles. The molecule has 0 radical (unpaired) electrons. The molecule has 0 amide bonds. The molecular weight excluding hydrogens is 168 g/mol. The molecule has 14 heavy (non-hydrogen) atoms. The normalized spacial score (nSPS) is 26.3. The van der Waals surface area contributed by atoms with Gasteiger partial charge in [-0.25, -0.2) is 0 Å². The van der Waals surface area contributed by atoms with E-state index in [1.807, 2.05) is 0 Å². The second-order valence-electron chi connectivity index (χ2n) is 3.51. The second kappa shape index (κ2) is 8.55. The van der Waals surface area contributed by atoms with Crippen LogP contribution in [0.4, 0.5) is 0 Å². The Bertz CT molecular complexity index is 204. The Morgan fingerprint density at radius 1 is 0.357 bits per heavy atom. The molecule has 0 bridgehead atoms. The summed E-state index contributed by atoms with van der Waals surface area (Å²) in [4.78, 5) is 0. The van der Waals surface area contributed by atoms with Gasteiger partial charge in [0.25, 0.3) is 0 Å². The molecule has 0 aromatic heterocycles. The minimum absolute atomic E-state index is 1.08. The lowest BCUT2D eigenvalue weighted by Crippen LogP contribution is -1.70. The zero-order valence-corrected chi connectivity index (χ0v) is 8.86. The van der Waals surface area contributed by atoms with Crippen molar-refractivity contribution in [3.05, 3.63) is 48.6 Å². The summed E-state index contributed by atoms with van der Waals surface area (Å²) in [6.07, 6.45) is 25.0. The van der Waals surface area contributed by atoms with Gasteiger partial charge >= 0.3 is 0 Å². The summed E-state index contributed by atoms with van der Waals surface area (Å²) in [5.41, 5.74) is 0. The van der Waals surface area contributed by atoms with Crippen LogP contribution >= 0.6 is 0 Å². The van der Waals surface area contributed by atoms with Gasteiger partial charge in [-0.15, -0.1) is 0 Å². The van der Waals surface area contributed by atoms with Crippen molar-refractivity contribution in [1.82, 2.24) is 0 Å². The zero-order chi connectivity index (χ0) is 9.90. The first-order chi connectivity index (χ1) is 7.00. The molecule has 0 aromatic rings. The third-order valence-corrected chi connectivity index (χ3v) is 2.21. The molecule has 0 nitrogen and oxygen atoms in total. The van der Waals surface area contributed by atoms with Gasteiger partial charge in [-0.1, -0.05) is 48.6 Å². The molecule has 0 aromatic carbocycles. The predicted molar refractivity (Wildman–Crippen MR) is 64.3 cm³/mol. The third kappa shape index (κ3) is 6.47. The van der Waals surface area contributed by atoms with Crippen LogP contribution in [0.15, 0.2) is 48.6 Å². The molecule has 0 unspecified atom stereocenters. The maximum atomic E-state index is 2.29. The van der Waals surface area contributed by atoms with E-state index in [1.54, 1.807) is 0 Å². The molecule has 0 fully saturated rings. The van der Waals surface area contributed by atoms with Crippen LogP contribution in [0.2, 0.25) is 0 Å². The van der Waals surface area contributed by atoms with Gasteiger partial charge in [-0.05, 0) is 38.5 Å². The van der Waals surface area contributed by atoms with Crippen LogP contribution in [0, 0.1) is 0 Å². The van der Waals surface area contributed by atoms with Gasteiger partial charge in [-0.2, -0.15) is 0 Å². The average Bonchev–Trinajstić information content (AvgIpc) is 2.22. The molecule has 1 aliphatic rings. The summed E-state index contributed by atoms with van der Waals surface area (Å²) in [6.45, 7) is 0. The lowest BCUT2D eigenvalue weighted by Gasteiger charge is -1.90. The molecule has 0 N–H and O–H groups in total. The summed E-state index contributed by atoms with van der Waals surface area (Å²) in [5.74, 6) is 0. The van der Waals surface area contributed by atoms with Gasteiger partial charge in [0.15, 0.2) is 0 Å². The van der Waals surface area contributed by atoms with Crippen molar-refractivity contribution >= 4 is 0 Å². The first-order valence-corrected chi connectivity index (χ1v) is 5.60. The second-order valence-corrected chi connectivity index (χ2v) is 3.51. The third-order valence-electron chi connectivity index (χ3n) is 2.21. The van der Waals surface area contributed by atoms with E-state index in [2.05, 4.69) is 48.6 Å². The van der Waals surface area contributed by atoms with Gasteiger partial charge in [0.05, 0.1) is 0 Å². The molecule has 0 saturated carbocycles. The molecule has 0 spiro atoms. The maximum Gasteiger partial charge on any atom is -0.0169 e. The summed E-state index contributed by atoms with van der Waals surface area (Å²) < 4.78 is 0. The van der Waals surface area contributed by atoms with E-state index < -0.39 is 0 Å². The highest BCUT2D eigenvalue weighted by Gasteiger charge is 1.80. The highest BCUT2D eigenvalue weighted by molar-refractivity contribution is 4.99. The van der Waals surface area contributed by atoms with Crippen molar-refractivity contribution in [2.24, 2.45) is 0 Å². The smallest absolute Gasteiger partial charge is 0.0169 e. The van der Waals surface area contributed by atoms with Crippen molar-refractivity contribution in [2.45, 2.75) is 38.5 Å². The Kier molecular flexibility index (Phi) is 6.74. The van der Waals surface area contributed by atoms with Gasteiger partial charge in [0.1, 0.15) is 0 Å². The fourth-order valence-corrected chi connectivity index (χ4v) is 1.40. The Morgan fingerprint density at radius 2 is 0.643 bits per heavy atom.